The van der Waals surface area contributed by atoms with Gasteiger partial charge in [0.25, 0.3) is 0 Å². The first-order valence-corrected chi connectivity index (χ1v) is 4.01. The summed E-state index contributed by atoms with van der Waals surface area (Å²) in [5.74, 6) is 0. The Kier molecular flexibility index (Phi) is 4.48. The molecule has 0 aliphatic heterocycles. The molecule has 0 aliphatic rings. The second kappa shape index (κ2) is 4.36. The third-order valence-corrected chi connectivity index (χ3v) is 2.76. The average Bonchev–Trinajstić information content (AvgIpc) is 1.88. The number of hydrogen-bond donors (Lipinski definition) is 2. The third-order valence-electron chi connectivity index (χ3n) is 1.12. The highest BCUT2D eigenvalue weighted by Gasteiger charge is 2.38. The van der Waals surface area contributed by atoms with Crippen LogP contribution in [0.25, 0.3) is 0 Å². The number of aliphatic hydroxyl groups is 1. The van der Waals surface area contributed by atoms with E-state index >= 15 is 0 Å². The molecule has 0 heterocycles. The predicted octanol–water partition coefficient (Wildman–Crippen LogP) is 0.852. The Morgan fingerprint density at radius 1 is 1.64 bits per heavy atom. The highest BCUT2D eigenvalue weighted by Crippen LogP contribution is 2.31. The van der Waals surface area contributed by atoms with E-state index in [-0.39, 0.29) is 0 Å². The van der Waals surface area contributed by atoms with Crippen LogP contribution in [0.1, 0.15) is 6.92 Å². The van der Waals surface area contributed by atoms with E-state index in [0.717, 1.165) is 0 Å². The molecule has 0 radical (unpaired) electrons. The van der Waals surface area contributed by atoms with E-state index in [1.807, 2.05) is 5.32 Å². The summed E-state index contributed by atoms with van der Waals surface area (Å²) in [5, 5.41) is 10.4. The van der Waals surface area contributed by atoms with Crippen LogP contribution in [0, 0.1) is 0 Å². The van der Waals surface area contributed by atoms with Crippen LogP contribution in [0.2, 0.25) is 0 Å². The number of hydrogen-bond acceptors (Lipinski definition) is 2. The minimum atomic E-state index is -1.57. The van der Waals surface area contributed by atoms with Crippen molar-refractivity contribution in [2.24, 2.45) is 0 Å². The number of amides is 1. The van der Waals surface area contributed by atoms with Gasteiger partial charge in [0, 0.05) is 0 Å². The first kappa shape index (κ1) is 11.3. The van der Waals surface area contributed by atoms with Crippen molar-refractivity contribution < 1.29 is 9.90 Å². The predicted molar refractivity (Wildman–Crippen MR) is 45.0 cm³/mol. The van der Waals surface area contributed by atoms with E-state index in [1.165, 1.54) is 6.92 Å². The van der Waals surface area contributed by atoms with Gasteiger partial charge in [-0.15, -0.1) is 11.6 Å². The van der Waals surface area contributed by atoms with Crippen molar-refractivity contribution in [3.63, 3.8) is 0 Å². The summed E-state index contributed by atoms with van der Waals surface area (Å²) in [4.78, 5) is 9.85. The van der Waals surface area contributed by atoms with Gasteiger partial charge in [-0.3, -0.25) is 4.79 Å². The first-order chi connectivity index (χ1) is 4.92. The fourth-order valence-corrected chi connectivity index (χ4v) is 0.638. The molecule has 0 bridgehead atoms. The molecule has 6 heteroatoms. The lowest BCUT2D eigenvalue weighted by molar-refractivity contribution is -0.112. The van der Waals surface area contributed by atoms with Crippen LogP contribution < -0.4 is 5.32 Å². The standard InChI is InChI=1S/C5H8Cl3NO2/c1-3(6)5(7,8)4(11)9-2-10/h2-4,11H,1H3,(H,9,10)/t3-,4-/m1/s1. The van der Waals surface area contributed by atoms with E-state index in [0.29, 0.717) is 6.41 Å². The average molecular weight is 220 g/mol. The van der Waals surface area contributed by atoms with Crippen LogP contribution >= 0.6 is 34.8 Å². The molecule has 3 nitrogen and oxygen atoms in total. The summed E-state index contributed by atoms with van der Waals surface area (Å²) >= 11 is 16.6. The van der Waals surface area contributed by atoms with Gasteiger partial charge in [0.15, 0.2) is 10.6 Å². The lowest BCUT2D eigenvalue weighted by atomic mass is 10.3. The number of rotatable bonds is 4. The third kappa shape index (κ3) is 3.03. The maximum absolute atomic E-state index is 9.85. The molecule has 1 amide bonds. The highest BCUT2D eigenvalue weighted by molar-refractivity contribution is 6.52. The molecule has 0 aromatic heterocycles. The maximum Gasteiger partial charge on any atom is 0.209 e. The molecule has 0 spiro atoms. The van der Waals surface area contributed by atoms with Gasteiger partial charge < -0.3 is 10.4 Å². The molecular weight excluding hydrogens is 212 g/mol. The van der Waals surface area contributed by atoms with Crippen molar-refractivity contribution in [2.45, 2.75) is 22.9 Å². The molecule has 2 atom stereocenters. The molecule has 0 aliphatic carbocycles. The Hall–Kier alpha value is 0.300. The van der Waals surface area contributed by atoms with Gasteiger partial charge in [-0.2, -0.15) is 0 Å². The van der Waals surface area contributed by atoms with E-state index in [9.17, 15) is 4.79 Å². The number of aliphatic hydroxyl groups excluding tert-OH is 1. The van der Waals surface area contributed by atoms with Crippen LogP contribution in [0.4, 0.5) is 0 Å². The summed E-state index contributed by atoms with van der Waals surface area (Å²) in [6, 6.07) is 0. The molecule has 0 aromatic carbocycles. The molecule has 2 N–H and O–H groups in total. The van der Waals surface area contributed by atoms with E-state index in [4.69, 9.17) is 39.9 Å². The van der Waals surface area contributed by atoms with Gasteiger partial charge in [0.05, 0.1) is 5.38 Å². The molecular formula is C5H8Cl3NO2. The second-order valence-electron chi connectivity index (χ2n) is 1.98. The lowest BCUT2D eigenvalue weighted by Gasteiger charge is -2.26. The number of nitrogens with one attached hydrogen (secondary N) is 1. The van der Waals surface area contributed by atoms with Crippen molar-refractivity contribution in [1.29, 1.82) is 0 Å². The van der Waals surface area contributed by atoms with Crippen molar-refractivity contribution in [3.05, 3.63) is 0 Å². The molecule has 66 valence electrons. The molecule has 0 saturated carbocycles. The summed E-state index contributed by atoms with van der Waals surface area (Å²) in [6.07, 6.45) is -1.07. The minimum Gasteiger partial charge on any atom is -0.370 e. The Bertz CT molecular complexity index is 140. The van der Waals surface area contributed by atoms with E-state index in [1.54, 1.807) is 0 Å². The number of carbonyl (C=O) groups is 1. The molecule has 0 aromatic rings. The fourth-order valence-electron chi connectivity index (χ4n) is 0.393. The Balaban J connectivity index is 4.16. The SMILES string of the molecule is C[C@@H](Cl)C(Cl)(Cl)[C@@H](O)NC=O. The fraction of sp³-hybridized carbons (Fsp3) is 0.800. The van der Waals surface area contributed by atoms with Gasteiger partial charge in [-0.05, 0) is 6.92 Å². The van der Waals surface area contributed by atoms with Crippen molar-refractivity contribution in [2.75, 3.05) is 0 Å². The summed E-state index contributed by atoms with van der Waals surface area (Å²) in [6.45, 7) is 1.51. The van der Waals surface area contributed by atoms with Gasteiger partial charge in [0.1, 0.15) is 0 Å². The van der Waals surface area contributed by atoms with Crippen LogP contribution in [0.15, 0.2) is 0 Å². The molecule has 11 heavy (non-hydrogen) atoms. The first-order valence-electron chi connectivity index (χ1n) is 2.82. The number of alkyl halides is 3. The quantitative estimate of drug-likeness (QED) is 0.419. The van der Waals surface area contributed by atoms with Gasteiger partial charge in [0.2, 0.25) is 6.41 Å². The van der Waals surface area contributed by atoms with Gasteiger partial charge >= 0.3 is 0 Å². The van der Waals surface area contributed by atoms with Gasteiger partial charge in [-0.25, -0.2) is 0 Å². The topological polar surface area (TPSA) is 49.3 Å². The van der Waals surface area contributed by atoms with Crippen molar-refractivity contribution in [3.8, 4) is 0 Å². The van der Waals surface area contributed by atoms with Gasteiger partial charge in [-0.1, -0.05) is 23.2 Å². The minimum absolute atomic E-state index is 0.295. The maximum atomic E-state index is 9.85. The van der Waals surface area contributed by atoms with Crippen LogP contribution in [0.3, 0.4) is 0 Å². The largest absolute Gasteiger partial charge is 0.370 e. The zero-order valence-electron chi connectivity index (χ0n) is 5.72. The second-order valence-corrected chi connectivity index (χ2v) is 4.08. The summed E-state index contributed by atoms with van der Waals surface area (Å²) in [5.41, 5.74) is 0. The monoisotopic (exact) mass is 219 g/mol. The summed E-state index contributed by atoms with van der Waals surface area (Å²) < 4.78 is -1.57. The number of halogens is 3. The molecule has 0 unspecified atom stereocenters. The van der Waals surface area contributed by atoms with Crippen molar-refractivity contribution >= 4 is 41.2 Å². The molecule has 0 rings (SSSR count). The lowest BCUT2D eigenvalue weighted by Crippen LogP contribution is -2.47. The number of carbonyl (C=O) groups excluding carboxylic acids is 1. The normalized spacial score (nSPS) is 17.2. The highest BCUT2D eigenvalue weighted by atomic mass is 35.5. The van der Waals surface area contributed by atoms with E-state index in [2.05, 4.69) is 0 Å². The Morgan fingerprint density at radius 2 is 2.09 bits per heavy atom. The smallest absolute Gasteiger partial charge is 0.209 e. The van der Waals surface area contributed by atoms with E-state index < -0.39 is 15.9 Å². The zero-order chi connectivity index (χ0) is 9.07. The summed E-state index contributed by atoms with van der Waals surface area (Å²) in [7, 11) is 0. The van der Waals surface area contributed by atoms with Crippen molar-refractivity contribution in [1.82, 2.24) is 5.32 Å². The molecule has 0 saturated heterocycles. The Labute approximate surface area is 79.6 Å². The zero-order valence-corrected chi connectivity index (χ0v) is 7.99. The Morgan fingerprint density at radius 3 is 2.36 bits per heavy atom. The van der Waals surface area contributed by atoms with Crippen LogP contribution in [-0.4, -0.2) is 27.5 Å². The molecule has 0 fully saturated rings. The van der Waals surface area contributed by atoms with Crippen LogP contribution in [0.5, 0.6) is 0 Å². The van der Waals surface area contributed by atoms with Crippen LogP contribution in [-0.2, 0) is 4.79 Å².